The molecule has 2 rings (SSSR count). The quantitative estimate of drug-likeness (QED) is 0.760. The first-order valence-corrected chi connectivity index (χ1v) is 6.49. The fourth-order valence-electron chi connectivity index (χ4n) is 1.85. The summed E-state index contributed by atoms with van der Waals surface area (Å²) in [6, 6.07) is 11.1. The van der Waals surface area contributed by atoms with E-state index in [2.05, 4.69) is 21.2 Å². The average molecular weight is 320 g/mol. The maximum absolute atomic E-state index is 11.2. The van der Waals surface area contributed by atoms with E-state index in [1.54, 1.807) is 18.2 Å². The van der Waals surface area contributed by atoms with Crippen LogP contribution in [0.1, 0.15) is 15.9 Å². The Morgan fingerprint density at radius 1 is 1.26 bits per heavy atom. The third-order valence-electron chi connectivity index (χ3n) is 2.69. The molecule has 0 aliphatic carbocycles. The minimum Gasteiger partial charge on any atom is -0.396 e. The van der Waals surface area contributed by atoms with E-state index in [-0.39, 0.29) is 0 Å². The molecule has 0 heterocycles. The molecule has 0 spiro atoms. The summed E-state index contributed by atoms with van der Waals surface area (Å²) in [7, 11) is 0. The van der Waals surface area contributed by atoms with E-state index in [1.807, 2.05) is 25.1 Å². The van der Waals surface area contributed by atoms with Crippen molar-refractivity contribution in [2.24, 2.45) is 5.73 Å². The van der Waals surface area contributed by atoms with Gasteiger partial charge in [-0.15, -0.1) is 0 Å². The molecule has 0 saturated heterocycles. The highest BCUT2D eigenvalue weighted by molar-refractivity contribution is 9.10. The van der Waals surface area contributed by atoms with Gasteiger partial charge in [0.25, 0.3) is 5.91 Å². The zero-order chi connectivity index (χ0) is 14.0. The second-order valence-corrected chi connectivity index (χ2v) is 5.19. The molecule has 1 amide bonds. The first-order valence-electron chi connectivity index (χ1n) is 5.70. The first kappa shape index (κ1) is 13.4. The molecular formula is C14H14BrN3O. The molecule has 0 aliphatic rings. The second-order valence-electron chi connectivity index (χ2n) is 4.27. The van der Waals surface area contributed by atoms with E-state index in [0.29, 0.717) is 16.9 Å². The standard InChI is InChI=1S/C14H14BrN3O/c1-8-5-9(15)7-10(6-8)18-12-4-2-3-11(13(12)16)14(17)19/h2-7,18H,16H2,1H3,(H2,17,19). The van der Waals surface area contributed by atoms with Gasteiger partial charge in [0.1, 0.15) is 0 Å². The molecule has 4 nitrogen and oxygen atoms in total. The lowest BCUT2D eigenvalue weighted by atomic mass is 10.1. The number of nitrogen functional groups attached to an aromatic ring is 1. The van der Waals surface area contributed by atoms with Crippen LogP contribution in [-0.2, 0) is 0 Å². The largest absolute Gasteiger partial charge is 0.396 e. The van der Waals surface area contributed by atoms with Crippen molar-refractivity contribution in [1.82, 2.24) is 0 Å². The van der Waals surface area contributed by atoms with Gasteiger partial charge >= 0.3 is 0 Å². The number of hydrogen-bond donors (Lipinski definition) is 3. The molecule has 2 aromatic rings. The Kier molecular flexibility index (Phi) is 3.76. The van der Waals surface area contributed by atoms with Gasteiger partial charge in [-0.05, 0) is 42.8 Å². The van der Waals surface area contributed by atoms with Gasteiger partial charge in [-0.3, -0.25) is 4.79 Å². The zero-order valence-electron chi connectivity index (χ0n) is 10.4. The van der Waals surface area contributed by atoms with Crippen molar-refractivity contribution in [1.29, 1.82) is 0 Å². The molecule has 0 unspecified atom stereocenters. The summed E-state index contributed by atoms with van der Waals surface area (Å²) in [5.74, 6) is -0.536. The van der Waals surface area contributed by atoms with Gasteiger partial charge in [0, 0.05) is 10.2 Å². The molecule has 0 fully saturated rings. The number of nitrogens with two attached hydrogens (primary N) is 2. The van der Waals surface area contributed by atoms with E-state index >= 15 is 0 Å². The van der Waals surface area contributed by atoms with Crippen molar-refractivity contribution < 1.29 is 4.79 Å². The number of primary amides is 1. The van der Waals surface area contributed by atoms with Gasteiger partial charge in [-0.25, -0.2) is 0 Å². The Labute approximate surface area is 119 Å². The molecule has 0 bridgehead atoms. The molecule has 0 aliphatic heterocycles. The van der Waals surface area contributed by atoms with Gasteiger partial charge in [0.2, 0.25) is 0 Å². The number of rotatable bonds is 3. The SMILES string of the molecule is Cc1cc(Br)cc(Nc2cccc(C(N)=O)c2N)c1. The molecule has 0 aromatic heterocycles. The topological polar surface area (TPSA) is 81.1 Å². The van der Waals surface area contributed by atoms with Crippen LogP contribution in [-0.4, -0.2) is 5.91 Å². The number of aryl methyl sites for hydroxylation is 1. The van der Waals surface area contributed by atoms with Crippen LogP contribution in [0.4, 0.5) is 17.1 Å². The van der Waals surface area contributed by atoms with Crippen molar-refractivity contribution in [3.05, 3.63) is 52.0 Å². The number of nitrogens with one attached hydrogen (secondary N) is 1. The van der Waals surface area contributed by atoms with Crippen LogP contribution in [0.2, 0.25) is 0 Å². The summed E-state index contributed by atoms with van der Waals surface area (Å²) in [6.45, 7) is 2.00. The molecule has 19 heavy (non-hydrogen) atoms. The number of carbonyl (C=O) groups is 1. The number of para-hydroxylation sites is 1. The highest BCUT2D eigenvalue weighted by atomic mass is 79.9. The van der Waals surface area contributed by atoms with Crippen molar-refractivity contribution in [3.8, 4) is 0 Å². The lowest BCUT2D eigenvalue weighted by molar-refractivity contribution is 0.100. The van der Waals surface area contributed by atoms with Gasteiger partial charge in [-0.2, -0.15) is 0 Å². The Hall–Kier alpha value is -2.01. The third kappa shape index (κ3) is 3.06. The van der Waals surface area contributed by atoms with Crippen LogP contribution in [0, 0.1) is 6.92 Å². The predicted molar refractivity (Wildman–Crippen MR) is 81.5 cm³/mol. The van der Waals surface area contributed by atoms with Crippen LogP contribution in [0.5, 0.6) is 0 Å². The lowest BCUT2D eigenvalue weighted by Gasteiger charge is -2.12. The third-order valence-corrected chi connectivity index (χ3v) is 3.15. The summed E-state index contributed by atoms with van der Waals surface area (Å²) in [6.07, 6.45) is 0. The van der Waals surface area contributed by atoms with Gasteiger partial charge < -0.3 is 16.8 Å². The Balaban J connectivity index is 2.38. The Morgan fingerprint density at radius 3 is 2.63 bits per heavy atom. The van der Waals surface area contributed by atoms with Crippen LogP contribution in [0.3, 0.4) is 0 Å². The van der Waals surface area contributed by atoms with Gasteiger partial charge in [0.15, 0.2) is 0 Å². The van der Waals surface area contributed by atoms with E-state index in [9.17, 15) is 4.79 Å². The first-order chi connectivity index (χ1) is 8.97. The maximum Gasteiger partial charge on any atom is 0.250 e. The smallest absolute Gasteiger partial charge is 0.250 e. The van der Waals surface area contributed by atoms with E-state index < -0.39 is 5.91 Å². The molecule has 0 radical (unpaired) electrons. The predicted octanol–water partition coefficient (Wildman–Crippen LogP) is 3.18. The van der Waals surface area contributed by atoms with Crippen molar-refractivity contribution in [3.63, 3.8) is 0 Å². The summed E-state index contributed by atoms with van der Waals surface area (Å²) in [5, 5.41) is 3.19. The summed E-state index contributed by atoms with van der Waals surface area (Å²) < 4.78 is 0.972. The summed E-state index contributed by atoms with van der Waals surface area (Å²) in [5.41, 5.74) is 14.5. The zero-order valence-corrected chi connectivity index (χ0v) is 12.0. The minimum atomic E-state index is -0.536. The van der Waals surface area contributed by atoms with E-state index in [1.165, 1.54) is 0 Å². The minimum absolute atomic E-state index is 0.316. The molecule has 2 aromatic carbocycles. The fraction of sp³-hybridized carbons (Fsp3) is 0.0714. The van der Waals surface area contributed by atoms with Crippen molar-refractivity contribution >= 4 is 38.9 Å². The molecule has 98 valence electrons. The summed E-state index contributed by atoms with van der Waals surface area (Å²) in [4.78, 5) is 11.2. The fourth-order valence-corrected chi connectivity index (χ4v) is 2.46. The van der Waals surface area contributed by atoms with E-state index in [0.717, 1.165) is 15.7 Å². The van der Waals surface area contributed by atoms with Crippen LogP contribution >= 0.6 is 15.9 Å². The Bertz CT molecular complexity index is 620. The van der Waals surface area contributed by atoms with Crippen LogP contribution < -0.4 is 16.8 Å². The highest BCUT2D eigenvalue weighted by Crippen LogP contribution is 2.28. The number of hydrogen-bond acceptors (Lipinski definition) is 3. The van der Waals surface area contributed by atoms with Crippen molar-refractivity contribution in [2.45, 2.75) is 6.92 Å². The summed E-state index contributed by atoms with van der Waals surface area (Å²) >= 11 is 3.44. The van der Waals surface area contributed by atoms with Crippen LogP contribution in [0.15, 0.2) is 40.9 Å². The van der Waals surface area contributed by atoms with E-state index in [4.69, 9.17) is 11.5 Å². The molecular weight excluding hydrogens is 306 g/mol. The van der Waals surface area contributed by atoms with Gasteiger partial charge in [0.05, 0.1) is 16.9 Å². The lowest BCUT2D eigenvalue weighted by Crippen LogP contribution is -2.14. The Morgan fingerprint density at radius 2 is 2.00 bits per heavy atom. The second kappa shape index (κ2) is 5.32. The molecule has 5 heteroatoms. The monoisotopic (exact) mass is 319 g/mol. The van der Waals surface area contributed by atoms with Crippen molar-refractivity contribution in [2.75, 3.05) is 11.1 Å². The number of benzene rings is 2. The van der Waals surface area contributed by atoms with Gasteiger partial charge in [-0.1, -0.05) is 22.0 Å². The maximum atomic E-state index is 11.2. The van der Waals surface area contributed by atoms with Crippen LogP contribution in [0.25, 0.3) is 0 Å². The number of halogens is 1. The molecule has 5 N–H and O–H groups in total. The average Bonchev–Trinajstić information content (AvgIpc) is 2.30. The number of amides is 1. The molecule has 0 saturated carbocycles. The highest BCUT2D eigenvalue weighted by Gasteiger charge is 2.09. The normalized spacial score (nSPS) is 10.2. The molecule has 0 atom stereocenters. The number of anilines is 3. The number of carbonyl (C=O) groups excluding carboxylic acids is 1.